The minimum absolute atomic E-state index is 0.175. The largest absolute Gasteiger partial charge is 0.378 e. The number of nitrogens with zero attached hydrogens (tertiary/aromatic N) is 1. The maximum atomic E-state index is 12.4. The topological polar surface area (TPSA) is 63.7 Å². The van der Waals surface area contributed by atoms with E-state index >= 15 is 0 Å². The highest BCUT2D eigenvalue weighted by molar-refractivity contribution is 8.13. The first kappa shape index (κ1) is 15.6. The number of amides is 1. The fourth-order valence-electron chi connectivity index (χ4n) is 1.95. The maximum absolute atomic E-state index is 12.4. The van der Waals surface area contributed by atoms with Crippen molar-refractivity contribution < 1.29 is 17.9 Å². The molecule has 0 bridgehead atoms. The molecule has 110 valence electrons. The monoisotopic (exact) mass is 337 g/mol. The number of carbonyl (C=O) groups is 1. The number of hydrogen-bond donors (Lipinski definition) is 0. The summed E-state index contributed by atoms with van der Waals surface area (Å²) >= 11 is 5.99. The highest BCUT2D eigenvalue weighted by atomic mass is 35.7. The molecule has 2 rings (SSSR count). The summed E-state index contributed by atoms with van der Waals surface area (Å²) in [5.74, 6) is -0.269. The third-order valence-electron chi connectivity index (χ3n) is 3.13. The minimum atomic E-state index is -3.94. The predicted molar refractivity (Wildman–Crippen MR) is 76.0 cm³/mol. The van der Waals surface area contributed by atoms with Crippen molar-refractivity contribution in [3.63, 3.8) is 0 Å². The Morgan fingerprint density at radius 3 is 2.45 bits per heavy atom. The smallest absolute Gasteiger partial charge is 0.261 e. The second kappa shape index (κ2) is 5.89. The summed E-state index contributed by atoms with van der Waals surface area (Å²) in [4.78, 5) is 13.9. The van der Waals surface area contributed by atoms with Crippen molar-refractivity contribution >= 4 is 37.2 Å². The summed E-state index contributed by atoms with van der Waals surface area (Å²) in [6, 6.07) is 2.51. The van der Waals surface area contributed by atoms with E-state index in [2.05, 4.69) is 0 Å². The standard InChI is InChI=1S/C12H13Cl2NO4S/c1-8-10(12(16)15-2-4-19-5-3-15)6-9(7-11(8)13)20(14,17)18/h6-7H,2-5H2,1H3. The van der Waals surface area contributed by atoms with Gasteiger partial charge in [-0.3, -0.25) is 4.79 Å². The van der Waals surface area contributed by atoms with Crippen molar-refractivity contribution in [3.8, 4) is 0 Å². The Balaban J connectivity index is 2.44. The Bertz CT molecular complexity index is 639. The molecule has 8 heteroatoms. The lowest BCUT2D eigenvalue weighted by Crippen LogP contribution is -2.41. The molecule has 0 aliphatic carbocycles. The number of benzene rings is 1. The van der Waals surface area contributed by atoms with E-state index in [0.29, 0.717) is 31.9 Å². The SMILES string of the molecule is Cc1c(Cl)cc(S(=O)(=O)Cl)cc1C(=O)N1CCOCC1. The van der Waals surface area contributed by atoms with E-state index in [1.165, 1.54) is 12.1 Å². The third-order valence-corrected chi connectivity index (χ3v) is 4.85. The predicted octanol–water partition coefficient (Wildman–Crippen LogP) is 2.05. The van der Waals surface area contributed by atoms with Crippen LogP contribution in [0.3, 0.4) is 0 Å². The van der Waals surface area contributed by atoms with Crippen LogP contribution in [0.25, 0.3) is 0 Å². The van der Waals surface area contributed by atoms with E-state index in [1.807, 2.05) is 0 Å². The van der Waals surface area contributed by atoms with Crippen molar-refractivity contribution in [2.75, 3.05) is 26.3 Å². The molecule has 0 unspecified atom stereocenters. The molecule has 0 atom stereocenters. The van der Waals surface area contributed by atoms with Crippen molar-refractivity contribution in [2.24, 2.45) is 0 Å². The summed E-state index contributed by atoms with van der Waals surface area (Å²) in [6.07, 6.45) is 0. The summed E-state index contributed by atoms with van der Waals surface area (Å²) in [5, 5.41) is 0.198. The van der Waals surface area contributed by atoms with Gasteiger partial charge in [-0.15, -0.1) is 0 Å². The fourth-order valence-corrected chi connectivity index (χ4v) is 3.02. The molecular weight excluding hydrogens is 325 g/mol. The van der Waals surface area contributed by atoms with Crippen molar-refractivity contribution in [2.45, 2.75) is 11.8 Å². The van der Waals surface area contributed by atoms with Crippen LogP contribution in [-0.4, -0.2) is 45.5 Å². The van der Waals surface area contributed by atoms with Gasteiger partial charge >= 0.3 is 0 Å². The number of ether oxygens (including phenoxy) is 1. The lowest BCUT2D eigenvalue weighted by molar-refractivity contribution is 0.0302. The van der Waals surface area contributed by atoms with Crippen molar-refractivity contribution in [1.29, 1.82) is 0 Å². The summed E-state index contributed by atoms with van der Waals surface area (Å²) in [7, 11) is 1.38. The van der Waals surface area contributed by atoms with Crippen LogP contribution >= 0.6 is 22.3 Å². The number of morpholine rings is 1. The molecule has 0 saturated carbocycles. The van der Waals surface area contributed by atoms with Gasteiger partial charge < -0.3 is 9.64 Å². The average Bonchev–Trinajstić information content (AvgIpc) is 2.40. The first-order chi connectivity index (χ1) is 9.30. The molecule has 0 radical (unpaired) electrons. The molecule has 1 aliphatic heterocycles. The number of hydrogen-bond acceptors (Lipinski definition) is 4. The molecule has 20 heavy (non-hydrogen) atoms. The first-order valence-electron chi connectivity index (χ1n) is 5.92. The Morgan fingerprint density at radius 2 is 1.90 bits per heavy atom. The van der Waals surface area contributed by atoms with E-state index < -0.39 is 9.05 Å². The lowest BCUT2D eigenvalue weighted by atomic mass is 10.1. The van der Waals surface area contributed by atoms with Gasteiger partial charge in [0.2, 0.25) is 0 Å². The van der Waals surface area contributed by atoms with Crippen LogP contribution in [-0.2, 0) is 13.8 Å². The molecule has 1 saturated heterocycles. The van der Waals surface area contributed by atoms with Crippen molar-refractivity contribution in [1.82, 2.24) is 4.90 Å². The van der Waals surface area contributed by atoms with E-state index in [9.17, 15) is 13.2 Å². The van der Waals surface area contributed by atoms with Crippen LogP contribution in [0.5, 0.6) is 0 Å². The first-order valence-corrected chi connectivity index (χ1v) is 8.61. The van der Waals surface area contributed by atoms with Gasteiger partial charge in [0.1, 0.15) is 0 Å². The zero-order valence-electron chi connectivity index (χ0n) is 10.7. The molecule has 1 amide bonds. The Kier molecular flexibility index (Phi) is 4.59. The van der Waals surface area contributed by atoms with Gasteiger partial charge in [-0.2, -0.15) is 0 Å². The van der Waals surface area contributed by atoms with Crippen LogP contribution in [0.1, 0.15) is 15.9 Å². The van der Waals surface area contributed by atoms with Crippen LogP contribution in [0.4, 0.5) is 0 Å². The molecule has 1 aromatic rings. The van der Waals surface area contributed by atoms with E-state index in [1.54, 1.807) is 11.8 Å². The van der Waals surface area contributed by atoms with Crippen molar-refractivity contribution in [3.05, 3.63) is 28.3 Å². The second-order valence-electron chi connectivity index (χ2n) is 4.42. The minimum Gasteiger partial charge on any atom is -0.378 e. The highest BCUT2D eigenvalue weighted by Gasteiger charge is 2.23. The lowest BCUT2D eigenvalue weighted by Gasteiger charge is -2.27. The fraction of sp³-hybridized carbons (Fsp3) is 0.417. The van der Waals surface area contributed by atoms with Crippen LogP contribution in [0, 0.1) is 6.92 Å². The molecule has 0 N–H and O–H groups in total. The number of rotatable bonds is 2. The highest BCUT2D eigenvalue weighted by Crippen LogP contribution is 2.27. The molecule has 0 aromatic heterocycles. The molecule has 1 fully saturated rings. The molecule has 1 aliphatic rings. The number of halogens is 2. The van der Waals surface area contributed by atoms with Gasteiger partial charge in [-0.05, 0) is 24.6 Å². The Hall–Kier alpha value is -0.820. The summed E-state index contributed by atoms with van der Waals surface area (Å²) < 4.78 is 28.0. The molecule has 0 spiro atoms. The number of carbonyl (C=O) groups excluding carboxylic acids is 1. The van der Waals surface area contributed by atoms with Gasteiger partial charge in [0.05, 0.1) is 18.1 Å². The van der Waals surface area contributed by atoms with Gasteiger partial charge in [0.25, 0.3) is 15.0 Å². The molecular formula is C12H13Cl2NO4S. The zero-order chi connectivity index (χ0) is 14.9. The van der Waals surface area contributed by atoms with E-state index in [-0.39, 0.29) is 21.4 Å². The summed E-state index contributed by atoms with van der Waals surface area (Å²) in [6.45, 7) is 3.53. The van der Waals surface area contributed by atoms with Gasteiger partial charge in [-0.25, -0.2) is 8.42 Å². The Morgan fingerprint density at radius 1 is 1.30 bits per heavy atom. The third kappa shape index (κ3) is 3.25. The van der Waals surface area contributed by atoms with Crippen LogP contribution < -0.4 is 0 Å². The van der Waals surface area contributed by atoms with Crippen LogP contribution in [0.2, 0.25) is 5.02 Å². The zero-order valence-corrected chi connectivity index (χ0v) is 13.1. The Labute approximate surface area is 126 Å². The second-order valence-corrected chi connectivity index (χ2v) is 7.39. The summed E-state index contributed by atoms with van der Waals surface area (Å²) in [5.41, 5.74) is 0.783. The molecule has 5 nitrogen and oxygen atoms in total. The quantitative estimate of drug-likeness (QED) is 0.775. The van der Waals surface area contributed by atoms with E-state index in [4.69, 9.17) is 27.0 Å². The molecule has 1 heterocycles. The average molecular weight is 338 g/mol. The molecule has 1 aromatic carbocycles. The van der Waals surface area contributed by atoms with Gasteiger partial charge in [0, 0.05) is 34.4 Å². The normalized spacial score (nSPS) is 16.2. The van der Waals surface area contributed by atoms with Gasteiger partial charge in [0.15, 0.2) is 0 Å². The maximum Gasteiger partial charge on any atom is 0.261 e. The van der Waals surface area contributed by atoms with Crippen LogP contribution in [0.15, 0.2) is 17.0 Å². The van der Waals surface area contributed by atoms with Gasteiger partial charge in [-0.1, -0.05) is 11.6 Å². The van der Waals surface area contributed by atoms with E-state index in [0.717, 1.165) is 0 Å².